The van der Waals surface area contributed by atoms with Gasteiger partial charge in [-0.1, -0.05) is 0 Å². The van der Waals surface area contributed by atoms with Crippen LogP contribution in [0.2, 0.25) is 0 Å². The van der Waals surface area contributed by atoms with Gasteiger partial charge in [0.05, 0.1) is 0 Å². The molecule has 1 aliphatic rings. The first kappa shape index (κ1) is 12.2. The maximum Gasteiger partial charge on any atom is 0.315 e. The van der Waals surface area contributed by atoms with E-state index in [0.717, 1.165) is 17.9 Å². The molecule has 1 aliphatic heterocycles. The zero-order chi connectivity index (χ0) is 11.1. The van der Waals surface area contributed by atoms with Gasteiger partial charge in [-0.15, -0.1) is 0 Å². The molecule has 0 aliphatic carbocycles. The smallest absolute Gasteiger partial charge is 0.315 e. The molecule has 3 N–H and O–H groups in total. The van der Waals surface area contributed by atoms with Crippen molar-refractivity contribution in [3.8, 4) is 0 Å². The molecule has 2 amide bonds. The summed E-state index contributed by atoms with van der Waals surface area (Å²) in [5, 5.41) is 13.9. The third kappa shape index (κ3) is 5.51. The molecule has 15 heavy (non-hydrogen) atoms. The van der Waals surface area contributed by atoms with E-state index in [1.807, 2.05) is 11.8 Å². The first-order chi connectivity index (χ1) is 7.18. The fourth-order valence-corrected chi connectivity index (χ4v) is 2.48. The highest BCUT2D eigenvalue weighted by Crippen LogP contribution is 2.16. The summed E-state index contributed by atoms with van der Waals surface area (Å²) in [6.45, 7) is 0.415. The molecule has 0 aromatic carbocycles. The minimum Gasteiger partial charge on any atom is -0.481 e. The van der Waals surface area contributed by atoms with Crippen LogP contribution >= 0.6 is 11.8 Å². The third-order valence-electron chi connectivity index (χ3n) is 2.12. The number of nitrogens with one attached hydrogen (secondary N) is 2. The van der Waals surface area contributed by atoms with E-state index in [4.69, 9.17) is 5.11 Å². The molecule has 1 unspecified atom stereocenters. The van der Waals surface area contributed by atoms with Gasteiger partial charge in [-0.05, 0) is 18.6 Å². The van der Waals surface area contributed by atoms with Crippen LogP contribution in [0, 0.1) is 0 Å². The Bertz CT molecular complexity index is 229. The second-order valence-corrected chi connectivity index (χ2v) is 4.61. The predicted octanol–water partition coefficient (Wildman–Crippen LogP) is 0.656. The molecule has 0 bridgehead atoms. The van der Waals surface area contributed by atoms with Crippen molar-refractivity contribution in [1.29, 1.82) is 0 Å². The number of thioether (sulfide) groups is 1. The standard InChI is InChI=1S/C9H16N2O3S/c12-8(13)2-1-4-10-9(14)11-7-3-5-15-6-7/h7H,1-6H2,(H,12,13)(H2,10,11,14). The number of carboxylic acids is 1. The SMILES string of the molecule is O=C(O)CCCNC(=O)NC1CCSC1. The van der Waals surface area contributed by atoms with Crippen LogP contribution in [-0.4, -0.2) is 41.2 Å². The Morgan fingerprint density at radius 2 is 2.27 bits per heavy atom. The molecular formula is C9H16N2O3S. The molecule has 5 nitrogen and oxygen atoms in total. The summed E-state index contributed by atoms with van der Waals surface area (Å²) in [5.74, 6) is 1.25. The Morgan fingerprint density at radius 3 is 2.87 bits per heavy atom. The van der Waals surface area contributed by atoms with Crippen molar-refractivity contribution in [2.75, 3.05) is 18.1 Å². The van der Waals surface area contributed by atoms with Crippen LogP contribution in [0.15, 0.2) is 0 Å². The zero-order valence-electron chi connectivity index (χ0n) is 8.49. The molecule has 0 aromatic rings. The zero-order valence-corrected chi connectivity index (χ0v) is 9.31. The summed E-state index contributed by atoms with van der Waals surface area (Å²) in [6, 6.07) is 0.0855. The van der Waals surface area contributed by atoms with Crippen molar-refractivity contribution < 1.29 is 14.7 Å². The number of urea groups is 1. The van der Waals surface area contributed by atoms with Gasteiger partial charge >= 0.3 is 12.0 Å². The number of aliphatic carboxylic acids is 1. The highest BCUT2D eigenvalue weighted by Gasteiger charge is 2.16. The molecular weight excluding hydrogens is 216 g/mol. The van der Waals surface area contributed by atoms with Crippen molar-refractivity contribution in [2.45, 2.75) is 25.3 Å². The summed E-state index contributed by atoms with van der Waals surface area (Å²) in [6.07, 6.45) is 1.59. The Balaban J connectivity index is 2.00. The minimum absolute atomic E-state index is 0.0968. The number of hydrogen-bond acceptors (Lipinski definition) is 3. The lowest BCUT2D eigenvalue weighted by molar-refractivity contribution is -0.137. The Labute approximate surface area is 93.0 Å². The summed E-state index contributed by atoms with van der Waals surface area (Å²) < 4.78 is 0. The van der Waals surface area contributed by atoms with Crippen LogP contribution < -0.4 is 10.6 Å². The number of amides is 2. The lowest BCUT2D eigenvalue weighted by Gasteiger charge is -2.11. The van der Waals surface area contributed by atoms with Gasteiger partial charge in [-0.2, -0.15) is 11.8 Å². The number of carbonyl (C=O) groups excluding carboxylic acids is 1. The van der Waals surface area contributed by atoms with Gasteiger partial charge in [0.1, 0.15) is 0 Å². The second-order valence-electron chi connectivity index (χ2n) is 3.46. The van der Waals surface area contributed by atoms with E-state index in [0.29, 0.717) is 13.0 Å². The van der Waals surface area contributed by atoms with Crippen molar-refractivity contribution >= 4 is 23.8 Å². The molecule has 86 valence electrons. The Hall–Kier alpha value is -0.910. The predicted molar refractivity (Wildman–Crippen MR) is 59.1 cm³/mol. The van der Waals surface area contributed by atoms with Crippen molar-refractivity contribution in [1.82, 2.24) is 10.6 Å². The van der Waals surface area contributed by atoms with Crippen LogP contribution in [0.3, 0.4) is 0 Å². The molecule has 1 rings (SSSR count). The average molecular weight is 232 g/mol. The summed E-state index contributed by atoms with van der Waals surface area (Å²) in [4.78, 5) is 21.5. The molecule has 1 atom stereocenters. The highest BCUT2D eigenvalue weighted by molar-refractivity contribution is 7.99. The number of rotatable bonds is 5. The number of carboxylic acid groups (broad SMARTS) is 1. The molecule has 0 saturated carbocycles. The van der Waals surface area contributed by atoms with E-state index in [1.54, 1.807) is 0 Å². The molecule has 1 saturated heterocycles. The highest BCUT2D eigenvalue weighted by atomic mass is 32.2. The van der Waals surface area contributed by atoms with Gasteiger partial charge in [-0.25, -0.2) is 4.79 Å². The van der Waals surface area contributed by atoms with Gasteiger partial charge in [0.15, 0.2) is 0 Å². The quantitative estimate of drug-likeness (QED) is 0.608. The largest absolute Gasteiger partial charge is 0.481 e. The minimum atomic E-state index is -0.829. The summed E-state index contributed by atoms with van der Waals surface area (Å²) >= 11 is 1.84. The van der Waals surface area contributed by atoms with E-state index < -0.39 is 5.97 Å². The van der Waals surface area contributed by atoms with Crippen molar-refractivity contribution in [3.63, 3.8) is 0 Å². The van der Waals surface area contributed by atoms with Gasteiger partial charge in [0.25, 0.3) is 0 Å². The molecule has 1 fully saturated rings. The summed E-state index contributed by atoms with van der Waals surface area (Å²) in [5.41, 5.74) is 0. The normalized spacial score (nSPS) is 19.9. The van der Waals surface area contributed by atoms with E-state index in [9.17, 15) is 9.59 Å². The van der Waals surface area contributed by atoms with Crippen LogP contribution in [0.4, 0.5) is 4.79 Å². The van der Waals surface area contributed by atoms with Gasteiger partial charge in [0.2, 0.25) is 0 Å². The molecule has 0 radical (unpaired) electrons. The van der Waals surface area contributed by atoms with E-state index in [2.05, 4.69) is 10.6 Å². The van der Waals surface area contributed by atoms with Gasteiger partial charge in [-0.3, -0.25) is 4.79 Å². The first-order valence-electron chi connectivity index (χ1n) is 5.02. The monoisotopic (exact) mass is 232 g/mol. The van der Waals surface area contributed by atoms with Crippen LogP contribution in [0.25, 0.3) is 0 Å². The van der Waals surface area contributed by atoms with E-state index in [1.165, 1.54) is 0 Å². The second kappa shape index (κ2) is 6.55. The molecule has 0 spiro atoms. The molecule has 6 heteroatoms. The van der Waals surface area contributed by atoms with Crippen molar-refractivity contribution in [2.24, 2.45) is 0 Å². The third-order valence-corrected chi connectivity index (χ3v) is 3.28. The molecule has 1 heterocycles. The summed E-state index contributed by atoms with van der Waals surface area (Å²) in [7, 11) is 0. The molecule has 0 aromatic heterocycles. The van der Waals surface area contributed by atoms with E-state index in [-0.39, 0.29) is 18.5 Å². The van der Waals surface area contributed by atoms with Gasteiger partial charge in [0, 0.05) is 24.8 Å². The number of carbonyl (C=O) groups is 2. The topological polar surface area (TPSA) is 78.4 Å². The van der Waals surface area contributed by atoms with E-state index >= 15 is 0 Å². The first-order valence-corrected chi connectivity index (χ1v) is 6.18. The maximum absolute atomic E-state index is 11.3. The van der Waals surface area contributed by atoms with Gasteiger partial charge < -0.3 is 15.7 Å². The van der Waals surface area contributed by atoms with Crippen LogP contribution in [-0.2, 0) is 4.79 Å². The lowest BCUT2D eigenvalue weighted by Crippen LogP contribution is -2.42. The Kier molecular flexibility index (Phi) is 5.31. The average Bonchev–Trinajstić information content (AvgIpc) is 2.64. The van der Waals surface area contributed by atoms with Crippen LogP contribution in [0.1, 0.15) is 19.3 Å². The number of hydrogen-bond donors (Lipinski definition) is 3. The Morgan fingerprint density at radius 1 is 1.47 bits per heavy atom. The van der Waals surface area contributed by atoms with Crippen LogP contribution in [0.5, 0.6) is 0 Å². The van der Waals surface area contributed by atoms with Crippen molar-refractivity contribution in [3.05, 3.63) is 0 Å². The fourth-order valence-electron chi connectivity index (χ4n) is 1.33. The maximum atomic E-state index is 11.3. The fraction of sp³-hybridized carbons (Fsp3) is 0.778. The lowest BCUT2D eigenvalue weighted by atomic mass is 10.3.